The number of ether oxygens (including phenoxy) is 2. The van der Waals surface area contributed by atoms with E-state index in [9.17, 15) is 4.79 Å². The Morgan fingerprint density at radius 2 is 1.92 bits per heavy atom. The maximum absolute atomic E-state index is 12.6. The summed E-state index contributed by atoms with van der Waals surface area (Å²) in [6.45, 7) is 1.92. The second-order valence-electron chi connectivity index (χ2n) is 5.83. The number of aromatic nitrogens is 2. The van der Waals surface area contributed by atoms with Gasteiger partial charge in [0.15, 0.2) is 0 Å². The van der Waals surface area contributed by atoms with Gasteiger partial charge in [0.05, 0.1) is 30.5 Å². The van der Waals surface area contributed by atoms with Gasteiger partial charge in [-0.1, -0.05) is 12.1 Å². The highest BCUT2D eigenvalue weighted by atomic mass is 16.5. The first-order chi connectivity index (χ1) is 12.1. The number of aromatic amines is 1. The Bertz CT molecular complexity index is 858. The fraction of sp³-hybridized carbons (Fsp3) is 0.263. The first-order valence-electron chi connectivity index (χ1n) is 8.03. The van der Waals surface area contributed by atoms with Crippen LogP contribution in [0.1, 0.15) is 28.9 Å². The molecule has 0 unspecified atom stereocenters. The van der Waals surface area contributed by atoms with Crippen LogP contribution in [0.2, 0.25) is 0 Å². The predicted octanol–water partition coefficient (Wildman–Crippen LogP) is 3.08. The summed E-state index contributed by atoms with van der Waals surface area (Å²) in [4.78, 5) is 19.7. The number of nitrogens with zero attached hydrogens (tertiary/aromatic N) is 1. The summed E-state index contributed by atoms with van der Waals surface area (Å²) in [6.07, 6.45) is 1.35. The monoisotopic (exact) mass is 339 g/mol. The summed E-state index contributed by atoms with van der Waals surface area (Å²) in [7, 11) is 3.26. The zero-order valence-corrected chi connectivity index (χ0v) is 14.4. The molecular weight excluding hydrogens is 318 g/mol. The molecule has 0 radical (unpaired) electrons. The summed E-state index contributed by atoms with van der Waals surface area (Å²) < 4.78 is 10.8. The fourth-order valence-electron chi connectivity index (χ4n) is 2.87. The van der Waals surface area contributed by atoms with Crippen molar-refractivity contribution in [1.29, 1.82) is 0 Å². The first-order valence-corrected chi connectivity index (χ1v) is 8.03. The van der Waals surface area contributed by atoms with Crippen LogP contribution < -0.4 is 10.1 Å². The minimum absolute atomic E-state index is 0.153. The molecule has 0 bridgehead atoms. The van der Waals surface area contributed by atoms with E-state index in [1.807, 2.05) is 37.3 Å². The molecule has 2 atom stereocenters. The van der Waals surface area contributed by atoms with Gasteiger partial charge in [-0.15, -0.1) is 0 Å². The Morgan fingerprint density at radius 1 is 1.16 bits per heavy atom. The van der Waals surface area contributed by atoms with Crippen molar-refractivity contribution in [3.63, 3.8) is 0 Å². The fourth-order valence-corrected chi connectivity index (χ4v) is 2.87. The van der Waals surface area contributed by atoms with E-state index in [1.54, 1.807) is 32.7 Å². The second-order valence-corrected chi connectivity index (χ2v) is 5.83. The number of hydrogen-bond donors (Lipinski definition) is 2. The van der Waals surface area contributed by atoms with Gasteiger partial charge in [0, 0.05) is 12.7 Å². The third-order valence-corrected chi connectivity index (χ3v) is 4.19. The van der Waals surface area contributed by atoms with E-state index in [0.29, 0.717) is 5.56 Å². The van der Waals surface area contributed by atoms with Gasteiger partial charge in [-0.2, -0.15) is 0 Å². The number of carbonyl (C=O) groups excluding carboxylic acids is 1. The summed E-state index contributed by atoms with van der Waals surface area (Å²) in [5.41, 5.74) is 3.21. The number of methoxy groups -OCH3 is 2. The molecule has 1 amide bonds. The average Bonchev–Trinajstić information content (AvgIpc) is 3.10. The Kier molecular flexibility index (Phi) is 5.00. The number of H-pyrrole nitrogens is 1. The average molecular weight is 339 g/mol. The van der Waals surface area contributed by atoms with Crippen LogP contribution >= 0.6 is 0 Å². The van der Waals surface area contributed by atoms with Crippen LogP contribution in [0.4, 0.5) is 0 Å². The zero-order chi connectivity index (χ0) is 17.8. The van der Waals surface area contributed by atoms with Crippen LogP contribution in [-0.4, -0.2) is 36.1 Å². The molecule has 0 aliphatic carbocycles. The molecule has 0 spiro atoms. The maximum atomic E-state index is 12.6. The van der Waals surface area contributed by atoms with Crippen LogP contribution in [0, 0.1) is 0 Å². The smallest absolute Gasteiger partial charge is 0.251 e. The number of rotatable bonds is 6. The first kappa shape index (κ1) is 17.0. The molecule has 0 saturated heterocycles. The molecule has 0 fully saturated rings. The summed E-state index contributed by atoms with van der Waals surface area (Å²) >= 11 is 0. The topological polar surface area (TPSA) is 76.2 Å². The molecule has 130 valence electrons. The lowest BCUT2D eigenvalue weighted by Gasteiger charge is -2.24. The van der Waals surface area contributed by atoms with Crippen molar-refractivity contribution in [2.45, 2.75) is 19.1 Å². The van der Waals surface area contributed by atoms with Crippen molar-refractivity contribution < 1.29 is 14.3 Å². The van der Waals surface area contributed by atoms with Gasteiger partial charge in [-0.3, -0.25) is 4.79 Å². The van der Waals surface area contributed by atoms with Gasteiger partial charge in [0.2, 0.25) is 0 Å². The molecule has 0 saturated carbocycles. The number of imidazole rings is 1. The number of amides is 1. The highest BCUT2D eigenvalue weighted by Gasteiger charge is 2.21. The molecule has 6 heteroatoms. The number of nitrogens with one attached hydrogen (secondary N) is 2. The van der Waals surface area contributed by atoms with E-state index in [4.69, 9.17) is 9.47 Å². The van der Waals surface area contributed by atoms with Crippen LogP contribution in [-0.2, 0) is 4.74 Å². The van der Waals surface area contributed by atoms with Gasteiger partial charge in [0.25, 0.3) is 5.91 Å². The Morgan fingerprint density at radius 3 is 2.60 bits per heavy atom. The SMILES string of the molecule is COc1ccc([C@H](OC)[C@@H](C)NC(=O)c2ccc3nc[nH]c3c2)cc1. The minimum Gasteiger partial charge on any atom is -0.497 e. The maximum Gasteiger partial charge on any atom is 0.251 e. The number of fused-ring (bicyclic) bond motifs is 1. The standard InChI is InChI=1S/C19H21N3O3/c1-12(18(25-3)13-4-7-15(24-2)8-5-13)22-19(23)14-6-9-16-17(10-14)21-11-20-16/h4-12,18H,1-3H3,(H,20,21)(H,22,23)/t12-,18-/m1/s1. The Labute approximate surface area is 146 Å². The number of benzene rings is 2. The lowest BCUT2D eigenvalue weighted by atomic mass is 10.0. The molecule has 0 aliphatic heterocycles. The largest absolute Gasteiger partial charge is 0.497 e. The quantitative estimate of drug-likeness (QED) is 0.724. The lowest BCUT2D eigenvalue weighted by molar-refractivity contribution is 0.0644. The second kappa shape index (κ2) is 7.36. The lowest BCUT2D eigenvalue weighted by Crippen LogP contribution is -2.37. The van der Waals surface area contributed by atoms with Gasteiger partial charge in [-0.25, -0.2) is 4.98 Å². The minimum atomic E-state index is -0.259. The van der Waals surface area contributed by atoms with E-state index < -0.39 is 0 Å². The van der Waals surface area contributed by atoms with Crippen LogP contribution in [0.15, 0.2) is 48.8 Å². The van der Waals surface area contributed by atoms with Gasteiger partial charge >= 0.3 is 0 Å². The third kappa shape index (κ3) is 3.64. The van der Waals surface area contributed by atoms with E-state index in [2.05, 4.69) is 15.3 Å². The van der Waals surface area contributed by atoms with Crippen LogP contribution in [0.5, 0.6) is 5.75 Å². The van der Waals surface area contributed by atoms with Crippen molar-refractivity contribution >= 4 is 16.9 Å². The highest BCUT2D eigenvalue weighted by molar-refractivity contribution is 5.97. The van der Waals surface area contributed by atoms with Crippen molar-refractivity contribution in [2.24, 2.45) is 0 Å². The highest BCUT2D eigenvalue weighted by Crippen LogP contribution is 2.23. The Balaban J connectivity index is 1.73. The molecule has 25 heavy (non-hydrogen) atoms. The molecule has 3 aromatic rings. The van der Waals surface area contributed by atoms with Gasteiger partial charge in [0.1, 0.15) is 11.9 Å². The van der Waals surface area contributed by atoms with Gasteiger partial charge < -0.3 is 19.8 Å². The normalized spacial score (nSPS) is 13.4. The molecule has 0 aliphatic rings. The van der Waals surface area contributed by atoms with E-state index in [-0.39, 0.29) is 18.1 Å². The molecule has 1 heterocycles. The molecule has 6 nitrogen and oxygen atoms in total. The summed E-state index contributed by atoms with van der Waals surface area (Å²) in [5, 5.41) is 3.00. The van der Waals surface area contributed by atoms with Crippen molar-refractivity contribution in [3.05, 3.63) is 59.9 Å². The zero-order valence-electron chi connectivity index (χ0n) is 14.4. The van der Waals surface area contributed by atoms with Crippen LogP contribution in [0.25, 0.3) is 11.0 Å². The van der Waals surface area contributed by atoms with Crippen LogP contribution in [0.3, 0.4) is 0 Å². The van der Waals surface area contributed by atoms with E-state index in [0.717, 1.165) is 22.3 Å². The Hall–Kier alpha value is -2.86. The molecular formula is C19H21N3O3. The molecule has 1 aromatic heterocycles. The van der Waals surface area contributed by atoms with Crippen molar-refractivity contribution in [2.75, 3.05) is 14.2 Å². The number of carbonyl (C=O) groups is 1. The molecule has 2 N–H and O–H groups in total. The molecule has 3 rings (SSSR count). The number of hydrogen-bond acceptors (Lipinski definition) is 4. The third-order valence-electron chi connectivity index (χ3n) is 4.19. The summed E-state index contributed by atoms with van der Waals surface area (Å²) in [5.74, 6) is 0.628. The molecule has 2 aromatic carbocycles. The predicted molar refractivity (Wildman–Crippen MR) is 95.8 cm³/mol. The summed E-state index contributed by atoms with van der Waals surface area (Å²) in [6, 6.07) is 12.8. The van der Waals surface area contributed by atoms with E-state index >= 15 is 0 Å². The van der Waals surface area contributed by atoms with E-state index in [1.165, 1.54) is 0 Å². The van der Waals surface area contributed by atoms with Crippen molar-refractivity contribution in [1.82, 2.24) is 15.3 Å². The van der Waals surface area contributed by atoms with Gasteiger partial charge in [-0.05, 0) is 42.8 Å². The van der Waals surface area contributed by atoms with Crippen molar-refractivity contribution in [3.8, 4) is 5.75 Å².